The van der Waals surface area contributed by atoms with Gasteiger partial charge in [0.2, 0.25) is 0 Å². The van der Waals surface area contributed by atoms with Crippen LogP contribution in [-0.2, 0) is 27.1 Å². The molecule has 8 aromatic carbocycles. The Bertz CT molecular complexity index is 3650. The van der Waals surface area contributed by atoms with Crippen LogP contribution in [0.15, 0.2) is 176 Å². The Hall–Kier alpha value is -7.04. The van der Waals surface area contributed by atoms with Gasteiger partial charge in [0.05, 0.1) is 5.54 Å². The first kappa shape index (κ1) is 51.7. The van der Waals surface area contributed by atoms with Gasteiger partial charge < -0.3 is 14.7 Å². The SMILES string of the molecule is CC(C)(C)c1ccc(N2c3cc(N4c5ccc(/C(=C\c6ccccc6)c6ccccc6)cc5C5(C)CCCCC45C)ccc3B3c4ccc(C(C)(C)C)cc4N(c4cccc(C(C)(C)C)c4)c4cc(C(C)(C)C)cc2c43)cc1. The second kappa shape index (κ2) is 18.3. The van der Waals surface area contributed by atoms with E-state index in [0.29, 0.717) is 0 Å². The molecule has 0 spiro atoms. The van der Waals surface area contributed by atoms with Crippen LogP contribution in [0.1, 0.15) is 167 Å². The highest BCUT2D eigenvalue weighted by atomic mass is 15.3. The summed E-state index contributed by atoms with van der Waals surface area (Å²) < 4.78 is 0. The summed E-state index contributed by atoms with van der Waals surface area (Å²) in [7, 11) is 0. The Balaban J connectivity index is 1.12. The summed E-state index contributed by atoms with van der Waals surface area (Å²) in [6.45, 7) is 33.3. The quantitative estimate of drug-likeness (QED) is 0.121. The van der Waals surface area contributed by atoms with Gasteiger partial charge in [-0.15, -0.1) is 0 Å². The van der Waals surface area contributed by atoms with Gasteiger partial charge in [-0.1, -0.05) is 212 Å². The second-order valence-corrected chi connectivity index (χ2v) is 27.9. The maximum atomic E-state index is 2.79. The van der Waals surface area contributed by atoms with Gasteiger partial charge in [-0.05, 0) is 181 Å². The van der Waals surface area contributed by atoms with Crippen molar-refractivity contribution in [3.8, 4) is 0 Å². The molecule has 0 amide bonds. The van der Waals surface area contributed by atoms with Crippen molar-refractivity contribution in [1.29, 1.82) is 0 Å². The van der Waals surface area contributed by atoms with E-state index < -0.39 is 0 Å². The summed E-state index contributed by atoms with van der Waals surface area (Å²) in [6.07, 6.45) is 7.07. The number of anilines is 8. The normalized spacial score (nSPS) is 19.0. The molecule has 394 valence electrons. The third kappa shape index (κ3) is 8.47. The van der Waals surface area contributed by atoms with Crippen molar-refractivity contribution in [2.45, 2.75) is 155 Å². The monoisotopic (exact) mass is 1020 g/mol. The average molecular weight is 1020 g/mol. The molecule has 1 aliphatic carbocycles. The van der Waals surface area contributed by atoms with E-state index in [1.165, 1.54) is 125 Å². The predicted octanol–water partition coefficient (Wildman–Crippen LogP) is 18.3. The Morgan fingerprint density at radius 1 is 0.423 bits per heavy atom. The van der Waals surface area contributed by atoms with Crippen LogP contribution in [0.3, 0.4) is 0 Å². The van der Waals surface area contributed by atoms with Crippen molar-refractivity contribution >= 4 is 80.2 Å². The molecule has 0 saturated heterocycles. The molecule has 0 N–H and O–H groups in total. The van der Waals surface area contributed by atoms with Gasteiger partial charge >= 0.3 is 0 Å². The molecule has 0 radical (unpaired) electrons. The Morgan fingerprint density at radius 2 is 0.962 bits per heavy atom. The van der Waals surface area contributed by atoms with Crippen molar-refractivity contribution in [1.82, 2.24) is 0 Å². The van der Waals surface area contributed by atoms with Gasteiger partial charge in [-0.3, -0.25) is 0 Å². The first-order valence-electron chi connectivity index (χ1n) is 29.0. The molecule has 4 aliphatic rings. The molecule has 0 aromatic heterocycles. The molecule has 3 aliphatic heterocycles. The van der Waals surface area contributed by atoms with E-state index in [0.717, 1.165) is 12.8 Å². The van der Waals surface area contributed by atoms with Gasteiger partial charge in [-0.2, -0.15) is 0 Å². The lowest BCUT2D eigenvalue weighted by atomic mass is 9.33. The number of hydrogen-bond acceptors (Lipinski definition) is 3. The summed E-state index contributed by atoms with van der Waals surface area (Å²) in [5.41, 5.74) is 25.4. The molecule has 8 aromatic rings. The third-order valence-corrected chi connectivity index (χ3v) is 18.6. The fourth-order valence-corrected chi connectivity index (χ4v) is 13.8. The fourth-order valence-electron chi connectivity index (χ4n) is 13.8. The van der Waals surface area contributed by atoms with Crippen LogP contribution in [0.4, 0.5) is 45.5 Å². The van der Waals surface area contributed by atoms with Crippen LogP contribution in [0.2, 0.25) is 0 Å². The summed E-state index contributed by atoms with van der Waals surface area (Å²) in [5, 5.41) is 0. The maximum absolute atomic E-state index is 2.79. The summed E-state index contributed by atoms with van der Waals surface area (Å²) >= 11 is 0. The van der Waals surface area contributed by atoms with E-state index >= 15 is 0 Å². The standard InChI is InChI=1S/C74H80BN3/c1-69(2,3)52-31-34-56(35-32-52)76-65-48-58(78-63-39-30-51(43-60(63)73(13)40-21-22-41-74(73,78)14)59(50-26-19-16-20-27-50)42-49-24-17-15-18-25-49)36-38-62(65)75-61-37-33-54(71(7,8)9)45-64(61)77(57-29-23-28-53(44-57)70(4,5)6)67-47-55(72(10,11)12)46-66(76)68(67)75/h15-20,23-39,42-48H,21-22,40-41H2,1-14H3/b59-42-. The Labute approximate surface area is 468 Å². The molecule has 2 atom stereocenters. The third-order valence-electron chi connectivity index (χ3n) is 18.6. The second-order valence-electron chi connectivity index (χ2n) is 27.9. The van der Waals surface area contributed by atoms with Crippen molar-refractivity contribution in [3.05, 3.63) is 220 Å². The van der Waals surface area contributed by atoms with E-state index in [4.69, 9.17) is 0 Å². The lowest BCUT2D eigenvalue weighted by Gasteiger charge is -2.50. The molecule has 1 saturated carbocycles. The van der Waals surface area contributed by atoms with Gasteiger partial charge in [-0.25, -0.2) is 0 Å². The van der Waals surface area contributed by atoms with E-state index in [1.54, 1.807) is 0 Å². The Morgan fingerprint density at radius 3 is 1.60 bits per heavy atom. The summed E-state index contributed by atoms with van der Waals surface area (Å²) in [6, 6.07) is 68.3. The molecule has 0 bridgehead atoms. The lowest BCUT2D eigenvalue weighted by Crippen LogP contribution is -2.61. The van der Waals surface area contributed by atoms with Crippen molar-refractivity contribution < 1.29 is 0 Å². The molecule has 1 fully saturated rings. The van der Waals surface area contributed by atoms with Gasteiger partial charge in [0.25, 0.3) is 6.71 Å². The summed E-state index contributed by atoms with van der Waals surface area (Å²) in [4.78, 5) is 8.07. The zero-order valence-electron chi connectivity index (χ0n) is 49.1. The van der Waals surface area contributed by atoms with Crippen LogP contribution in [0, 0.1) is 0 Å². The molecule has 3 nitrogen and oxygen atoms in total. The highest BCUT2D eigenvalue weighted by molar-refractivity contribution is 7.00. The fraction of sp³-hybridized carbons (Fsp3) is 0.324. The highest BCUT2D eigenvalue weighted by Gasteiger charge is 2.58. The van der Waals surface area contributed by atoms with E-state index in [1.807, 2.05) is 0 Å². The average Bonchev–Trinajstić information content (AvgIpc) is 2.45. The molecular formula is C74H80BN3. The minimum absolute atomic E-state index is 0.000925. The van der Waals surface area contributed by atoms with Crippen LogP contribution in [0.25, 0.3) is 11.6 Å². The molecule has 4 heteroatoms. The van der Waals surface area contributed by atoms with Gasteiger partial charge in [0.1, 0.15) is 0 Å². The van der Waals surface area contributed by atoms with Crippen LogP contribution >= 0.6 is 0 Å². The first-order chi connectivity index (χ1) is 36.9. The van der Waals surface area contributed by atoms with Crippen molar-refractivity contribution in [2.75, 3.05) is 14.7 Å². The smallest absolute Gasteiger partial charge is 0.252 e. The van der Waals surface area contributed by atoms with Gasteiger partial charge in [0.15, 0.2) is 0 Å². The lowest BCUT2D eigenvalue weighted by molar-refractivity contribution is 0.195. The van der Waals surface area contributed by atoms with Crippen LogP contribution in [0.5, 0.6) is 0 Å². The van der Waals surface area contributed by atoms with Crippen molar-refractivity contribution in [2.24, 2.45) is 0 Å². The molecule has 3 heterocycles. The number of fused-ring (bicyclic) bond motifs is 7. The number of rotatable bonds is 6. The van der Waals surface area contributed by atoms with E-state index in [2.05, 4.69) is 294 Å². The van der Waals surface area contributed by atoms with Crippen LogP contribution < -0.4 is 31.1 Å². The number of benzene rings is 8. The minimum atomic E-state index is -0.155. The van der Waals surface area contributed by atoms with Crippen molar-refractivity contribution in [3.63, 3.8) is 0 Å². The molecule has 78 heavy (non-hydrogen) atoms. The molecule has 12 rings (SSSR count). The first-order valence-corrected chi connectivity index (χ1v) is 29.0. The van der Waals surface area contributed by atoms with E-state index in [-0.39, 0.29) is 39.3 Å². The largest absolute Gasteiger partial charge is 0.334 e. The van der Waals surface area contributed by atoms with Gasteiger partial charge in [0, 0.05) is 50.9 Å². The van der Waals surface area contributed by atoms with Crippen LogP contribution in [-0.4, -0.2) is 12.3 Å². The summed E-state index contributed by atoms with van der Waals surface area (Å²) in [5.74, 6) is 0. The van der Waals surface area contributed by atoms with E-state index in [9.17, 15) is 0 Å². The minimum Gasteiger partial charge on any atom is -0.334 e. The molecule has 2 unspecified atom stereocenters. The zero-order chi connectivity index (χ0) is 54.9. The number of nitrogens with zero attached hydrogens (tertiary/aromatic N) is 3. The molecular weight excluding hydrogens is 942 g/mol. The topological polar surface area (TPSA) is 9.72 Å². The predicted molar refractivity (Wildman–Crippen MR) is 338 cm³/mol. The number of hydrogen-bond donors (Lipinski definition) is 0. The zero-order valence-corrected chi connectivity index (χ0v) is 49.1. The highest BCUT2D eigenvalue weighted by Crippen LogP contribution is 2.62. The maximum Gasteiger partial charge on any atom is 0.252 e. The Kier molecular flexibility index (Phi) is 12.1.